The van der Waals surface area contributed by atoms with Crippen molar-refractivity contribution < 1.29 is 0 Å². The molecule has 1 aliphatic heterocycles. The van der Waals surface area contributed by atoms with E-state index in [4.69, 9.17) is 28.3 Å². The van der Waals surface area contributed by atoms with Gasteiger partial charge in [0.05, 0.1) is 11.4 Å². The normalized spacial score (nSPS) is 13.4. The molecule has 0 spiro atoms. The maximum Gasteiger partial charge on any atom is 0.133 e. The molecule has 0 fully saturated rings. The second-order valence-corrected chi connectivity index (χ2v) is 8.42. The maximum atomic E-state index is 6.27. The fourth-order valence-corrected chi connectivity index (χ4v) is 4.55. The minimum atomic E-state index is 0.601. The van der Waals surface area contributed by atoms with Gasteiger partial charge in [-0.3, -0.25) is 0 Å². The van der Waals surface area contributed by atoms with E-state index in [-0.39, 0.29) is 0 Å². The zero-order valence-electron chi connectivity index (χ0n) is 16.4. The Morgan fingerprint density at radius 2 is 1.43 bits per heavy atom. The van der Waals surface area contributed by atoms with Gasteiger partial charge in [0.15, 0.2) is 0 Å². The SMILES string of the molecule is Clc1cc(Cl)cc(-n2nc(-c3ccc(-c4ccccc4)cc3)c3c2NCCCC3)c1. The molecule has 1 aromatic heterocycles. The molecule has 30 heavy (non-hydrogen) atoms. The summed E-state index contributed by atoms with van der Waals surface area (Å²) < 4.78 is 1.94. The van der Waals surface area contributed by atoms with Crippen LogP contribution in [0.15, 0.2) is 72.8 Å². The summed E-state index contributed by atoms with van der Waals surface area (Å²) >= 11 is 12.5. The lowest BCUT2D eigenvalue weighted by Crippen LogP contribution is -2.07. The Morgan fingerprint density at radius 3 is 2.17 bits per heavy atom. The van der Waals surface area contributed by atoms with Crippen LogP contribution in [0.1, 0.15) is 18.4 Å². The molecule has 0 aliphatic carbocycles. The molecule has 5 rings (SSSR count). The lowest BCUT2D eigenvalue weighted by molar-refractivity contribution is 0.780. The van der Waals surface area contributed by atoms with E-state index in [9.17, 15) is 0 Å². The first-order valence-corrected chi connectivity index (χ1v) is 10.9. The predicted octanol–water partition coefficient (Wildman–Crippen LogP) is 7.26. The van der Waals surface area contributed by atoms with Crippen molar-refractivity contribution in [2.45, 2.75) is 19.3 Å². The quantitative estimate of drug-likeness (QED) is 0.368. The number of halogens is 2. The van der Waals surface area contributed by atoms with Gasteiger partial charge in [0.1, 0.15) is 5.82 Å². The van der Waals surface area contributed by atoms with Crippen LogP contribution in [0.3, 0.4) is 0 Å². The summed E-state index contributed by atoms with van der Waals surface area (Å²) in [6, 6.07) is 24.6. The predicted molar refractivity (Wildman–Crippen MR) is 126 cm³/mol. The van der Waals surface area contributed by atoms with Crippen LogP contribution >= 0.6 is 23.2 Å². The Kier molecular flexibility index (Phi) is 5.24. The summed E-state index contributed by atoms with van der Waals surface area (Å²) in [5.41, 5.74) is 6.64. The first-order chi connectivity index (χ1) is 14.7. The van der Waals surface area contributed by atoms with Gasteiger partial charge in [-0.05, 0) is 48.6 Å². The zero-order valence-corrected chi connectivity index (χ0v) is 17.9. The molecular weight excluding hydrogens is 413 g/mol. The van der Waals surface area contributed by atoms with Crippen molar-refractivity contribution in [1.29, 1.82) is 0 Å². The van der Waals surface area contributed by atoms with Gasteiger partial charge in [-0.2, -0.15) is 5.10 Å². The molecule has 0 radical (unpaired) electrons. The highest BCUT2D eigenvalue weighted by molar-refractivity contribution is 6.34. The van der Waals surface area contributed by atoms with Gasteiger partial charge in [0, 0.05) is 27.7 Å². The minimum Gasteiger partial charge on any atom is -0.370 e. The van der Waals surface area contributed by atoms with Crippen LogP contribution in [-0.2, 0) is 6.42 Å². The van der Waals surface area contributed by atoms with Crippen LogP contribution in [0.4, 0.5) is 5.82 Å². The van der Waals surface area contributed by atoms with Crippen LogP contribution in [0.25, 0.3) is 28.1 Å². The average Bonchev–Trinajstić information content (AvgIpc) is 2.95. The van der Waals surface area contributed by atoms with Crippen LogP contribution < -0.4 is 5.32 Å². The molecule has 3 nitrogen and oxygen atoms in total. The second-order valence-electron chi connectivity index (χ2n) is 7.54. The third kappa shape index (κ3) is 3.71. The Morgan fingerprint density at radius 1 is 0.767 bits per heavy atom. The molecule has 0 atom stereocenters. The smallest absolute Gasteiger partial charge is 0.133 e. The van der Waals surface area contributed by atoms with E-state index in [1.807, 2.05) is 22.9 Å². The van der Waals surface area contributed by atoms with Gasteiger partial charge >= 0.3 is 0 Å². The Hall–Kier alpha value is -2.75. The lowest BCUT2D eigenvalue weighted by atomic mass is 10.00. The molecule has 0 unspecified atom stereocenters. The summed E-state index contributed by atoms with van der Waals surface area (Å²) in [4.78, 5) is 0. The summed E-state index contributed by atoms with van der Waals surface area (Å²) in [6.45, 7) is 0.930. The molecule has 0 amide bonds. The molecular formula is C25H21Cl2N3. The average molecular weight is 434 g/mol. The van der Waals surface area contributed by atoms with Gasteiger partial charge < -0.3 is 5.32 Å². The topological polar surface area (TPSA) is 29.9 Å². The minimum absolute atomic E-state index is 0.601. The third-order valence-corrected chi connectivity index (χ3v) is 5.92. The molecule has 1 aliphatic rings. The molecule has 2 heterocycles. The van der Waals surface area contributed by atoms with Gasteiger partial charge in [-0.15, -0.1) is 0 Å². The number of rotatable bonds is 3. The van der Waals surface area contributed by atoms with E-state index >= 15 is 0 Å². The highest BCUT2D eigenvalue weighted by atomic mass is 35.5. The Labute approximate surface area is 186 Å². The third-order valence-electron chi connectivity index (χ3n) is 5.49. The molecule has 5 heteroatoms. The van der Waals surface area contributed by atoms with Crippen LogP contribution in [-0.4, -0.2) is 16.3 Å². The number of nitrogens with one attached hydrogen (secondary N) is 1. The number of benzene rings is 3. The summed E-state index contributed by atoms with van der Waals surface area (Å²) in [5, 5.41) is 9.77. The second kappa shape index (κ2) is 8.17. The monoisotopic (exact) mass is 433 g/mol. The van der Waals surface area contributed by atoms with Crippen molar-refractivity contribution in [3.05, 3.63) is 88.4 Å². The van der Waals surface area contributed by atoms with Crippen molar-refractivity contribution in [2.24, 2.45) is 0 Å². The summed E-state index contributed by atoms with van der Waals surface area (Å²) in [5.74, 6) is 1.04. The van der Waals surface area contributed by atoms with Gasteiger partial charge in [-0.1, -0.05) is 77.8 Å². The van der Waals surface area contributed by atoms with Crippen LogP contribution in [0, 0.1) is 0 Å². The van der Waals surface area contributed by atoms with E-state index in [2.05, 4.69) is 53.8 Å². The van der Waals surface area contributed by atoms with Gasteiger partial charge in [-0.25, -0.2) is 4.68 Å². The van der Waals surface area contributed by atoms with E-state index in [1.165, 1.54) is 16.7 Å². The number of anilines is 1. The van der Waals surface area contributed by atoms with Crippen molar-refractivity contribution >= 4 is 29.0 Å². The van der Waals surface area contributed by atoms with Crippen molar-refractivity contribution in [3.63, 3.8) is 0 Å². The number of nitrogens with zero attached hydrogens (tertiary/aromatic N) is 2. The Bertz CT molecular complexity index is 1160. The molecule has 0 saturated carbocycles. The largest absolute Gasteiger partial charge is 0.370 e. The highest BCUT2D eigenvalue weighted by Crippen LogP contribution is 2.35. The van der Waals surface area contributed by atoms with E-state index in [0.29, 0.717) is 10.0 Å². The van der Waals surface area contributed by atoms with Crippen LogP contribution in [0.5, 0.6) is 0 Å². The fraction of sp³-hybridized carbons (Fsp3) is 0.160. The highest BCUT2D eigenvalue weighted by Gasteiger charge is 2.22. The van der Waals surface area contributed by atoms with Gasteiger partial charge in [0.2, 0.25) is 0 Å². The molecule has 150 valence electrons. The lowest BCUT2D eigenvalue weighted by Gasteiger charge is -2.10. The number of aromatic nitrogens is 2. The van der Waals surface area contributed by atoms with E-state index in [1.54, 1.807) is 6.07 Å². The molecule has 4 aromatic rings. The first-order valence-electron chi connectivity index (χ1n) is 10.2. The van der Waals surface area contributed by atoms with Crippen molar-refractivity contribution in [2.75, 3.05) is 11.9 Å². The molecule has 0 bridgehead atoms. The number of hydrogen-bond donors (Lipinski definition) is 1. The Balaban J connectivity index is 1.61. The molecule has 0 saturated heterocycles. The molecule has 3 aromatic carbocycles. The standard InChI is InChI=1S/C25H21Cl2N3/c26-20-14-21(27)16-22(15-20)30-25-23(8-4-5-13-28-25)24(29-30)19-11-9-18(10-12-19)17-6-2-1-3-7-17/h1-3,6-7,9-12,14-16,28H,4-5,8,13H2. The van der Waals surface area contributed by atoms with E-state index < -0.39 is 0 Å². The van der Waals surface area contributed by atoms with Crippen molar-refractivity contribution in [1.82, 2.24) is 9.78 Å². The number of hydrogen-bond acceptors (Lipinski definition) is 2. The maximum absolute atomic E-state index is 6.27. The summed E-state index contributed by atoms with van der Waals surface area (Å²) in [6.07, 6.45) is 3.26. The van der Waals surface area contributed by atoms with Gasteiger partial charge in [0.25, 0.3) is 0 Å². The van der Waals surface area contributed by atoms with Crippen molar-refractivity contribution in [3.8, 4) is 28.1 Å². The zero-order chi connectivity index (χ0) is 20.5. The fourth-order valence-electron chi connectivity index (χ4n) is 4.03. The first kappa shape index (κ1) is 19.2. The summed E-state index contributed by atoms with van der Waals surface area (Å²) in [7, 11) is 0. The number of fused-ring (bicyclic) bond motifs is 1. The molecule has 1 N–H and O–H groups in total. The van der Waals surface area contributed by atoms with Crippen LogP contribution in [0.2, 0.25) is 10.0 Å². The van der Waals surface area contributed by atoms with E-state index in [0.717, 1.165) is 48.6 Å².